The molecule has 1 aromatic rings. The standard InChI is InChI=1S/C12H12O2.W/c1-7-8(2)10(4)12(6-14)11(5-13)9(7)3;/h1-4H3;/q-2;+2. The Bertz CT molecular complexity index is 370. The summed E-state index contributed by atoms with van der Waals surface area (Å²) >= 11 is 0. The number of hydrogen-bond acceptors (Lipinski definition) is 2. The second kappa shape index (κ2) is 5.36. The fourth-order valence-corrected chi connectivity index (χ4v) is 1.57. The Morgan fingerprint density at radius 2 is 0.933 bits per heavy atom. The summed E-state index contributed by atoms with van der Waals surface area (Å²) in [5.74, 6) is 0. The molecule has 1 aromatic carbocycles. The minimum atomic E-state index is 0. The van der Waals surface area contributed by atoms with Gasteiger partial charge in [0.25, 0.3) is 0 Å². The second-order valence-corrected chi connectivity index (χ2v) is 3.45. The Labute approximate surface area is 104 Å². The van der Waals surface area contributed by atoms with Crippen LogP contribution in [0.1, 0.15) is 33.4 Å². The molecule has 0 N–H and O–H groups in total. The molecule has 0 aliphatic carbocycles. The van der Waals surface area contributed by atoms with Crippen LogP contribution in [0.3, 0.4) is 0 Å². The Morgan fingerprint density at radius 3 is 1.13 bits per heavy atom. The smallest absolute Gasteiger partial charge is 0.391 e. The van der Waals surface area contributed by atoms with E-state index in [0.717, 1.165) is 22.3 Å². The fourth-order valence-electron chi connectivity index (χ4n) is 1.57. The summed E-state index contributed by atoms with van der Waals surface area (Å²) in [5.41, 5.74) is 4.42. The number of benzene rings is 1. The number of rotatable bonds is 2. The molecule has 0 heterocycles. The van der Waals surface area contributed by atoms with Gasteiger partial charge in [0, 0.05) is 0 Å². The number of hydrogen-bond donors (Lipinski definition) is 0. The van der Waals surface area contributed by atoms with E-state index in [1.165, 1.54) is 0 Å². The van der Waals surface area contributed by atoms with E-state index < -0.39 is 0 Å². The molecule has 0 saturated carbocycles. The van der Waals surface area contributed by atoms with Crippen molar-refractivity contribution in [2.75, 3.05) is 0 Å². The summed E-state index contributed by atoms with van der Waals surface area (Å²) < 4.78 is 0. The first-order valence-electron chi connectivity index (χ1n) is 4.41. The Balaban J connectivity index is 0.00000196. The monoisotopic (exact) mass is 372 g/mol. The summed E-state index contributed by atoms with van der Waals surface area (Å²) in [5, 5.41) is 0. The van der Waals surface area contributed by atoms with Crippen molar-refractivity contribution in [2.24, 2.45) is 0 Å². The number of carbonyl (C=O) groups excluding carboxylic acids is 2. The molecule has 15 heavy (non-hydrogen) atoms. The molecule has 0 atom stereocenters. The predicted molar refractivity (Wildman–Crippen MR) is 55.0 cm³/mol. The molecule has 2 nitrogen and oxygen atoms in total. The van der Waals surface area contributed by atoms with Crippen molar-refractivity contribution in [3.63, 3.8) is 0 Å². The van der Waals surface area contributed by atoms with Gasteiger partial charge in [-0.05, 0) is 12.6 Å². The molecule has 0 saturated heterocycles. The van der Waals surface area contributed by atoms with Crippen LogP contribution >= 0.6 is 0 Å². The van der Waals surface area contributed by atoms with E-state index in [9.17, 15) is 9.59 Å². The van der Waals surface area contributed by atoms with E-state index in [1.807, 2.05) is 40.3 Å². The van der Waals surface area contributed by atoms with Gasteiger partial charge in [-0.25, -0.2) is 11.1 Å². The van der Waals surface area contributed by atoms with Crippen LogP contribution in [0.2, 0.25) is 0 Å². The summed E-state index contributed by atoms with van der Waals surface area (Å²) in [4.78, 5) is 21.4. The molecule has 0 aromatic heterocycles. The first kappa shape index (κ1) is 14.2. The maximum absolute atomic E-state index is 10.7. The van der Waals surface area contributed by atoms with Gasteiger partial charge >= 0.3 is 21.1 Å². The second-order valence-electron chi connectivity index (χ2n) is 3.45. The molecule has 0 unspecified atom stereocenters. The molecule has 0 aliphatic rings. The van der Waals surface area contributed by atoms with Crippen LogP contribution in [0.5, 0.6) is 0 Å². The SMILES string of the molecule is Cc1c(C)c(C)c([C-]=O)c([C-]=O)c1C.[W+2]. The largest absolute Gasteiger partial charge is 2.00 e. The molecule has 0 radical (unpaired) electrons. The zero-order valence-electron chi connectivity index (χ0n) is 9.22. The minimum absolute atomic E-state index is 0. The zero-order valence-corrected chi connectivity index (χ0v) is 12.2. The van der Waals surface area contributed by atoms with E-state index in [1.54, 1.807) is 0 Å². The average molecular weight is 372 g/mol. The zero-order chi connectivity index (χ0) is 10.9. The van der Waals surface area contributed by atoms with Gasteiger partial charge < -0.3 is 9.59 Å². The molecule has 0 spiro atoms. The van der Waals surface area contributed by atoms with Crippen LogP contribution in [-0.2, 0) is 30.7 Å². The van der Waals surface area contributed by atoms with Crippen molar-refractivity contribution in [3.8, 4) is 0 Å². The van der Waals surface area contributed by atoms with Crippen LogP contribution in [-0.4, -0.2) is 12.6 Å². The van der Waals surface area contributed by atoms with Gasteiger partial charge in [0.05, 0.1) is 0 Å². The first-order valence-corrected chi connectivity index (χ1v) is 4.41. The van der Waals surface area contributed by atoms with E-state index in [4.69, 9.17) is 0 Å². The molecule has 0 amide bonds. The van der Waals surface area contributed by atoms with E-state index in [0.29, 0.717) is 11.1 Å². The molecule has 0 aliphatic heterocycles. The van der Waals surface area contributed by atoms with Crippen molar-refractivity contribution in [1.82, 2.24) is 0 Å². The maximum atomic E-state index is 10.7. The van der Waals surface area contributed by atoms with Crippen molar-refractivity contribution in [3.05, 3.63) is 33.4 Å². The molecule has 0 bridgehead atoms. The van der Waals surface area contributed by atoms with Gasteiger partial charge in [0.2, 0.25) is 0 Å². The third-order valence-corrected chi connectivity index (χ3v) is 2.89. The molecule has 3 heteroatoms. The van der Waals surface area contributed by atoms with E-state index in [-0.39, 0.29) is 21.1 Å². The van der Waals surface area contributed by atoms with Gasteiger partial charge in [-0.3, -0.25) is 11.1 Å². The van der Waals surface area contributed by atoms with Gasteiger partial charge in [-0.2, -0.15) is 0 Å². The van der Waals surface area contributed by atoms with E-state index >= 15 is 0 Å². The first-order chi connectivity index (χ1) is 6.54. The van der Waals surface area contributed by atoms with Crippen LogP contribution in [0.4, 0.5) is 0 Å². The van der Waals surface area contributed by atoms with Crippen molar-refractivity contribution in [1.29, 1.82) is 0 Å². The Hall–Kier alpha value is -0.752. The topological polar surface area (TPSA) is 34.1 Å². The van der Waals surface area contributed by atoms with E-state index in [2.05, 4.69) is 0 Å². The van der Waals surface area contributed by atoms with Crippen LogP contribution in [0.25, 0.3) is 0 Å². The van der Waals surface area contributed by atoms with Crippen molar-refractivity contribution >= 4 is 12.6 Å². The Kier molecular flexibility index (Phi) is 5.10. The molecule has 0 fully saturated rings. The Morgan fingerprint density at radius 1 is 0.667 bits per heavy atom. The van der Waals surface area contributed by atoms with Gasteiger partial charge in [-0.1, -0.05) is 27.7 Å². The third-order valence-electron chi connectivity index (χ3n) is 2.89. The average Bonchev–Trinajstić information content (AvgIpc) is 2.20. The summed E-state index contributed by atoms with van der Waals surface area (Å²) in [6.45, 7) is 7.52. The van der Waals surface area contributed by atoms with Crippen LogP contribution in [0.15, 0.2) is 0 Å². The molecular weight excluding hydrogens is 360 g/mol. The quantitative estimate of drug-likeness (QED) is 0.743. The fraction of sp³-hybridized carbons (Fsp3) is 0.333. The summed E-state index contributed by atoms with van der Waals surface area (Å²) in [7, 11) is 0. The minimum Gasteiger partial charge on any atom is -0.391 e. The molecule has 78 valence electrons. The normalized spacial score (nSPS) is 9.33. The van der Waals surface area contributed by atoms with Gasteiger partial charge in [-0.15, -0.1) is 11.1 Å². The van der Waals surface area contributed by atoms with Crippen molar-refractivity contribution < 1.29 is 30.7 Å². The van der Waals surface area contributed by atoms with Gasteiger partial charge in [0.1, 0.15) is 0 Å². The van der Waals surface area contributed by atoms with Crippen LogP contribution in [0, 0.1) is 27.7 Å². The summed E-state index contributed by atoms with van der Waals surface area (Å²) in [6.07, 6.45) is 3.62. The molecule has 1 rings (SSSR count). The predicted octanol–water partition coefficient (Wildman–Crippen LogP) is 1.83. The van der Waals surface area contributed by atoms with Gasteiger partial charge in [0.15, 0.2) is 0 Å². The van der Waals surface area contributed by atoms with Crippen LogP contribution < -0.4 is 0 Å². The third kappa shape index (κ3) is 2.26. The summed E-state index contributed by atoms with van der Waals surface area (Å²) in [6, 6.07) is 0. The van der Waals surface area contributed by atoms with Crippen molar-refractivity contribution in [2.45, 2.75) is 27.7 Å². The maximum Gasteiger partial charge on any atom is 2.00 e. The molecular formula is C12H12O2W.